The number of amides is 1. The van der Waals surface area contributed by atoms with E-state index >= 15 is 8.78 Å². The van der Waals surface area contributed by atoms with E-state index in [0.717, 1.165) is 39.8 Å². The van der Waals surface area contributed by atoms with Crippen molar-refractivity contribution in [2.24, 2.45) is 13.0 Å². The highest BCUT2D eigenvalue weighted by molar-refractivity contribution is 7.92. The van der Waals surface area contributed by atoms with Crippen LogP contribution in [0.5, 0.6) is 0 Å². The number of halogens is 10. The standard InChI is InChI=1S/C37H29ClF9N9O4S/c1-54-30-25(6-5-22(38)28(30)33(52-54)53-61(2,59)60)56-34(50-23-11-18(48-14-36(43,44)45)3-4-19(23)35(56)58)24(9-15-7-16(39)10-17(40)8-15)49-26(57)13-55-31-27(29(51-55)32(41)42)20-12-21(20)37(31,46)47/h3-8,10-11,20-21,24,32,48H,9,12-14H2,1-2H3,(H,49,57)(H,52,53)/t20-,21+,24-/m0/s1. The molecule has 1 amide bonds. The van der Waals surface area contributed by atoms with Crippen molar-refractivity contribution >= 4 is 60.8 Å². The lowest BCUT2D eigenvalue weighted by Crippen LogP contribution is -2.38. The Morgan fingerprint density at radius 2 is 1.75 bits per heavy atom. The van der Waals surface area contributed by atoms with Crippen molar-refractivity contribution in [1.29, 1.82) is 0 Å². The van der Waals surface area contributed by atoms with Crippen molar-refractivity contribution in [3.63, 3.8) is 0 Å². The van der Waals surface area contributed by atoms with Crippen molar-refractivity contribution in [1.82, 2.24) is 34.4 Å². The van der Waals surface area contributed by atoms with Crippen LogP contribution in [0.1, 0.15) is 53.1 Å². The van der Waals surface area contributed by atoms with Gasteiger partial charge in [0, 0.05) is 36.7 Å². The number of fused-ring (bicyclic) bond motifs is 5. The summed E-state index contributed by atoms with van der Waals surface area (Å²) in [4.78, 5) is 33.3. The molecule has 24 heteroatoms. The second kappa shape index (κ2) is 14.7. The number of carbonyl (C=O) groups excluding carboxylic acids is 1. The lowest BCUT2D eigenvalue weighted by atomic mass is 10.0. The van der Waals surface area contributed by atoms with Crippen molar-refractivity contribution in [2.45, 2.75) is 49.9 Å². The smallest absolute Gasteiger partial charge is 0.376 e. The fourth-order valence-electron chi connectivity index (χ4n) is 7.89. The van der Waals surface area contributed by atoms with E-state index in [1.165, 1.54) is 25.2 Å². The Kier molecular flexibility index (Phi) is 10.1. The topological polar surface area (TPSA) is 158 Å². The second-order valence-electron chi connectivity index (χ2n) is 14.7. The van der Waals surface area contributed by atoms with Gasteiger partial charge in [0.15, 0.2) is 5.82 Å². The monoisotopic (exact) mass is 901 g/mol. The van der Waals surface area contributed by atoms with E-state index in [1.54, 1.807) is 0 Å². The molecule has 13 nitrogen and oxygen atoms in total. The number of rotatable bonds is 12. The summed E-state index contributed by atoms with van der Waals surface area (Å²) in [6.45, 7) is -2.56. The van der Waals surface area contributed by atoms with Gasteiger partial charge in [-0.25, -0.2) is 31.0 Å². The number of nitrogens with zero attached hydrogens (tertiary/aromatic N) is 6. The lowest BCUT2D eigenvalue weighted by molar-refractivity contribution is -0.123. The van der Waals surface area contributed by atoms with Crippen molar-refractivity contribution in [3.8, 4) is 5.69 Å². The summed E-state index contributed by atoms with van der Waals surface area (Å²) >= 11 is 6.54. The molecule has 0 unspecified atom stereocenters. The van der Waals surface area contributed by atoms with Gasteiger partial charge in [0.25, 0.3) is 17.9 Å². The molecule has 0 bridgehead atoms. The third kappa shape index (κ3) is 7.83. The molecule has 0 saturated heterocycles. The van der Waals surface area contributed by atoms with Gasteiger partial charge in [-0.05, 0) is 60.4 Å². The summed E-state index contributed by atoms with van der Waals surface area (Å²) < 4.78 is 157. The van der Waals surface area contributed by atoms with E-state index in [1.807, 2.05) is 0 Å². The molecule has 6 aromatic rings. The molecule has 3 heterocycles. The zero-order valence-corrected chi connectivity index (χ0v) is 32.8. The molecule has 322 valence electrons. The number of alkyl halides is 7. The Morgan fingerprint density at radius 1 is 1.05 bits per heavy atom. The Balaban J connectivity index is 1.33. The van der Waals surface area contributed by atoms with Crippen LogP contribution >= 0.6 is 11.6 Å². The minimum Gasteiger partial charge on any atom is -0.376 e. The van der Waals surface area contributed by atoms with E-state index in [9.17, 15) is 48.7 Å². The Labute approximate surface area is 342 Å². The normalized spacial score (nSPS) is 17.5. The zero-order chi connectivity index (χ0) is 44.1. The lowest BCUT2D eigenvalue weighted by Gasteiger charge is -2.24. The first kappa shape index (κ1) is 41.9. The highest BCUT2D eigenvalue weighted by atomic mass is 35.5. The highest BCUT2D eigenvalue weighted by Gasteiger charge is 2.67. The zero-order valence-electron chi connectivity index (χ0n) is 31.3. The first-order valence-electron chi connectivity index (χ1n) is 18.0. The van der Waals surface area contributed by atoms with Gasteiger partial charge in [-0.3, -0.25) is 28.2 Å². The molecule has 8 rings (SSSR count). The number of carbonyl (C=O) groups is 1. The van der Waals surface area contributed by atoms with Crippen molar-refractivity contribution in [2.75, 3.05) is 22.8 Å². The van der Waals surface area contributed by atoms with Crippen LogP contribution in [-0.4, -0.2) is 62.4 Å². The Bertz CT molecular complexity index is 2950. The molecule has 61 heavy (non-hydrogen) atoms. The third-order valence-corrected chi connectivity index (χ3v) is 11.2. The minimum absolute atomic E-state index is 0.000851. The van der Waals surface area contributed by atoms with Crippen LogP contribution in [0.2, 0.25) is 5.02 Å². The van der Waals surface area contributed by atoms with Crippen LogP contribution in [-0.2, 0) is 40.8 Å². The summed E-state index contributed by atoms with van der Waals surface area (Å²) in [6.07, 6.45) is -7.71. The number of hydrogen-bond donors (Lipinski definition) is 3. The molecule has 3 atom stereocenters. The van der Waals surface area contributed by atoms with Crippen LogP contribution in [0.15, 0.2) is 53.3 Å². The SMILES string of the molecule is Cn1nc(NS(C)(=O)=O)c2c(Cl)ccc(-n3c([C@H](Cc4cc(F)cc(F)c4)NC(=O)Cn4nc(C(F)F)c5c4C(F)(F)[C@@H]4C[C@H]54)nc4cc(NCC(F)(F)F)ccc4c3=O)c21. The maximum Gasteiger partial charge on any atom is 0.405 e. The first-order valence-corrected chi connectivity index (χ1v) is 20.3. The summed E-state index contributed by atoms with van der Waals surface area (Å²) in [5.41, 5.74) is -3.69. The predicted octanol–water partition coefficient (Wildman–Crippen LogP) is 6.99. The molecule has 3 aromatic carbocycles. The molecule has 2 aliphatic carbocycles. The molecule has 0 spiro atoms. The van der Waals surface area contributed by atoms with Gasteiger partial charge in [0.05, 0.1) is 44.8 Å². The van der Waals surface area contributed by atoms with Crippen molar-refractivity contribution in [3.05, 3.63) is 104 Å². The third-order valence-electron chi connectivity index (χ3n) is 10.3. The molecule has 2 aliphatic rings. The summed E-state index contributed by atoms with van der Waals surface area (Å²) in [7, 11) is -2.60. The molecule has 1 saturated carbocycles. The van der Waals surface area contributed by atoms with Crippen LogP contribution in [0.25, 0.3) is 27.5 Å². The number of benzene rings is 3. The Hall–Kier alpha value is -5.84. The van der Waals surface area contributed by atoms with Crippen LogP contribution in [0.3, 0.4) is 0 Å². The fourth-order valence-corrected chi connectivity index (χ4v) is 8.63. The van der Waals surface area contributed by atoms with E-state index < -0.39 is 106 Å². The van der Waals surface area contributed by atoms with E-state index in [0.29, 0.717) is 10.7 Å². The molecule has 0 aliphatic heterocycles. The number of aromatic nitrogens is 6. The number of aryl methyl sites for hydroxylation is 1. The van der Waals surface area contributed by atoms with Gasteiger partial charge in [-0.1, -0.05) is 11.6 Å². The largest absolute Gasteiger partial charge is 0.405 e. The van der Waals surface area contributed by atoms with Gasteiger partial charge < -0.3 is 10.6 Å². The summed E-state index contributed by atoms with van der Waals surface area (Å²) in [6, 6.07) is 6.66. The number of hydrogen-bond acceptors (Lipinski definition) is 8. The van der Waals surface area contributed by atoms with Gasteiger partial charge in [-0.15, -0.1) is 0 Å². The van der Waals surface area contributed by atoms with E-state index in [4.69, 9.17) is 11.6 Å². The van der Waals surface area contributed by atoms with Crippen molar-refractivity contribution < 1.29 is 52.7 Å². The van der Waals surface area contributed by atoms with Gasteiger partial charge in [0.1, 0.15) is 41.9 Å². The summed E-state index contributed by atoms with van der Waals surface area (Å²) in [5, 5.41) is 12.3. The molecular weight excluding hydrogens is 873 g/mol. The number of nitrogens with one attached hydrogen (secondary N) is 3. The van der Waals surface area contributed by atoms with Crippen LogP contribution < -0.4 is 20.9 Å². The quantitative estimate of drug-likeness (QED) is 0.111. The van der Waals surface area contributed by atoms with Gasteiger partial charge in [-0.2, -0.15) is 32.1 Å². The van der Waals surface area contributed by atoms with E-state index in [-0.39, 0.29) is 61.6 Å². The average molecular weight is 902 g/mol. The van der Waals surface area contributed by atoms with Crippen LogP contribution in [0.4, 0.5) is 51.0 Å². The first-order chi connectivity index (χ1) is 28.5. The average Bonchev–Trinajstić information content (AvgIpc) is 3.68. The molecule has 3 N–H and O–H groups in total. The summed E-state index contributed by atoms with van der Waals surface area (Å²) in [5.74, 6) is -9.74. The van der Waals surface area contributed by atoms with Gasteiger partial charge >= 0.3 is 6.18 Å². The van der Waals surface area contributed by atoms with Crippen LogP contribution in [0, 0.1) is 17.6 Å². The maximum atomic E-state index is 15.4. The Morgan fingerprint density at radius 3 is 2.41 bits per heavy atom. The van der Waals surface area contributed by atoms with E-state index in [2.05, 4.69) is 30.5 Å². The molecule has 1 fully saturated rings. The molecular formula is C37H29ClF9N9O4S. The maximum absolute atomic E-state index is 15.4. The highest BCUT2D eigenvalue weighted by Crippen LogP contribution is 2.68. The van der Waals surface area contributed by atoms with Gasteiger partial charge in [0.2, 0.25) is 15.9 Å². The molecule has 3 aromatic heterocycles. The predicted molar refractivity (Wildman–Crippen MR) is 203 cm³/mol. The number of anilines is 2. The minimum atomic E-state index is -4.66. The fraction of sp³-hybridized carbons (Fsp3) is 0.324. The number of sulfonamides is 1. The second-order valence-corrected chi connectivity index (χ2v) is 16.9. The molecule has 0 radical (unpaired) electrons.